The summed E-state index contributed by atoms with van der Waals surface area (Å²) >= 11 is 8.66. The number of hydrogen-bond donors (Lipinski definition) is 0. The van der Waals surface area contributed by atoms with Crippen molar-refractivity contribution in [2.45, 2.75) is 10.8 Å². The number of aromatic nitrogens is 2. The lowest BCUT2D eigenvalue weighted by Crippen LogP contribution is -2.00. The average molecular weight is 315 g/mol. The molecule has 0 saturated carbocycles. The molecule has 2 rings (SSSR count). The summed E-state index contributed by atoms with van der Waals surface area (Å²) in [6.45, 7) is 0. The van der Waals surface area contributed by atoms with Crippen molar-refractivity contribution in [3.63, 3.8) is 0 Å². The molecule has 0 N–H and O–H groups in total. The molecule has 4 nitrogen and oxygen atoms in total. The second-order valence-electron chi connectivity index (χ2n) is 3.57. The third kappa shape index (κ3) is 4.19. The molecule has 0 aliphatic heterocycles. The second kappa shape index (κ2) is 6.88. The van der Waals surface area contributed by atoms with Gasteiger partial charge < -0.3 is 4.74 Å². The number of ether oxygens (including phenoxy) is 1. The molecule has 7 heteroatoms. The average Bonchev–Trinajstić information content (AvgIpc) is 2.88. The molecule has 0 fully saturated rings. The number of hydrogen-bond acceptors (Lipinski definition) is 6. The molecule has 0 saturated heterocycles. The van der Waals surface area contributed by atoms with E-state index in [0.717, 1.165) is 9.90 Å². The molecule has 0 radical (unpaired) electrons. The number of esters is 1. The fourth-order valence-corrected chi connectivity index (χ4v) is 3.04. The summed E-state index contributed by atoms with van der Waals surface area (Å²) in [5.41, 5.74) is 0.931. The van der Waals surface area contributed by atoms with Gasteiger partial charge in [-0.2, -0.15) is 4.37 Å². The monoisotopic (exact) mass is 314 g/mol. The van der Waals surface area contributed by atoms with Crippen LogP contribution in [0.25, 0.3) is 11.4 Å². The van der Waals surface area contributed by atoms with E-state index >= 15 is 0 Å². The molecule has 0 aliphatic rings. The zero-order valence-corrected chi connectivity index (χ0v) is 12.5. The first-order chi connectivity index (χ1) is 9.19. The highest BCUT2D eigenvalue weighted by atomic mass is 35.5. The molecule has 1 aromatic heterocycles. The van der Waals surface area contributed by atoms with Gasteiger partial charge in [0.25, 0.3) is 0 Å². The zero-order chi connectivity index (χ0) is 13.7. The lowest BCUT2D eigenvalue weighted by Gasteiger charge is -1.96. The minimum absolute atomic E-state index is 0.213. The number of thioether (sulfide) groups is 1. The molecule has 19 heavy (non-hydrogen) atoms. The first-order valence-corrected chi connectivity index (χ1v) is 7.62. The SMILES string of the molecule is COC(=O)CCSc1nc(-c2ccc(Cl)cc2)ns1. The van der Waals surface area contributed by atoms with E-state index in [1.165, 1.54) is 30.4 Å². The fourth-order valence-electron chi connectivity index (χ4n) is 1.31. The van der Waals surface area contributed by atoms with Crippen LogP contribution in [0.4, 0.5) is 0 Å². The second-order valence-corrected chi connectivity index (χ2v) is 6.10. The van der Waals surface area contributed by atoms with Gasteiger partial charge in [-0.15, -0.1) is 0 Å². The lowest BCUT2D eigenvalue weighted by atomic mass is 10.2. The Morgan fingerprint density at radius 3 is 2.84 bits per heavy atom. The lowest BCUT2D eigenvalue weighted by molar-refractivity contribution is -0.140. The number of benzene rings is 1. The van der Waals surface area contributed by atoms with E-state index < -0.39 is 0 Å². The van der Waals surface area contributed by atoms with Gasteiger partial charge in [-0.1, -0.05) is 23.4 Å². The molecule has 0 spiro atoms. The molecule has 1 aromatic carbocycles. The van der Waals surface area contributed by atoms with Crippen LogP contribution < -0.4 is 0 Å². The maximum atomic E-state index is 11.0. The standard InChI is InChI=1S/C12H11ClN2O2S2/c1-17-10(16)6-7-18-12-14-11(15-19-12)8-2-4-9(13)5-3-8/h2-5H,6-7H2,1H3. The van der Waals surface area contributed by atoms with Crippen LogP contribution in [0.2, 0.25) is 5.02 Å². The van der Waals surface area contributed by atoms with Crippen LogP contribution in [0.15, 0.2) is 28.6 Å². The van der Waals surface area contributed by atoms with Crippen LogP contribution in [0.5, 0.6) is 0 Å². The van der Waals surface area contributed by atoms with E-state index in [1.54, 1.807) is 0 Å². The van der Waals surface area contributed by atoms with E-state index in [0.29, 0.717) is 23.0 Å². The number of halogens is 1. The van der Waals surface area contributed by atoms with Crippen molar-refractivity contribution in [2.24, 2.45) is 0 Å². The Bertz CT molecular complexity index is 557. The smallest absolute Gasteiger partial charge is 0.306 e. The quantitative estimate of drug-likeness (QED) is 0.624. The van der Waals surface area contributed by atoms with Crippen molar-refractivity contribution in [1.29, 1.82) is 0 Å². The summed E-state index contributed by atoms with van der Waals surface area (Å²) in [7, 11) is 1.39. The maximum absolute atomic E-state index is 11.0. The van der Waals surface area contributed by atoms with Crippen molar-refractivity contribution >= 4 is 40.9 Å². The van der Waals surface area contributed by atoms with Crippen molar-refractivity contribution in [3.8, 4) is 11.4 Å². The Balaban J connectivity index is 1.95. The molecule has 0 atom stereocenters. The molecule has 2 aromatic rings. The minimum Gasteiger partial charge on any atom is -0.469 e. The predicted octanol–water partition coefficient (Wildman–Crippen LogP) is 3.51. The van der Waals surface area contributed by atoms with Gasteiger partial charge in [0, 0.05) is 16.3 Å². The third-order valence-corrected chi connectivity index (χ3v) is 4.36. The number of rotatable bonds is 5. The zero-order valence-electron chi connectivity index (χ0n) is 10.1. The predicted molar refractivity (Wildman–Crippen MR) is 77.7 cm³/mol. The van der Waals surface area contributed by atoms with Crippen LogP contribution in [0, 0.1) is 0 Å². The Hall–Kier alpha value is -1.11. The van der Waals surface area contributed by atoms with Crippen LogP contribution in [0.3, 0.4) is 0 Å². The van der Waals surface area contributed by atoms with Crippen LogP contribution in [0.1, 0.15) is 6.42 Å². The first kappa shape index (κ1) is 14.3. The Kier molecular flexibility index (Phi) is 5.18. The van der Waals surface area contributed by atoms with E-state index in [-0.39, 0.29) is 5.97 Å². The van der Waals surface area contributed by atoms with Crippen LogP contribution >= 0.6 is 34.9 Å². The van der Waals surface area contributed by atoms with Gasteiger partial charge in [-0.05, 0) is 35.8 Å². The summed E-state index contributed by atoms with van der Waals surface area (Å²) in [5.74, 6) is 1.11. The van der Waals surface area contributed by atoms with E-state index in [9.17, 15) is 4.79 Å². The number of carbonyl (C=O) groups is 1. The summed E-state index contributed by atoms with van der Waals surface area (Å²) in [6.07, 6.45) is 0.372. The Morgan fingerprint density at radius 2 is 2.16 bits per heavy atom. The van der Waals surface area contributed by atoms with Crippen molar-refractivity contribution in [3.05, 3.63) is 29.3 Å². The van der Waals surface area contributed by atoms with Gasteiger partial charge >= 0.3 is 5.97 Å². The minimum atomic E-state index is -0.213. The maximum Gasteiger partial charge on any atom is 0.306 e. The van der Waals surface area contributed by atoms with Gasteiger partial charge in [0.1, 0.15) is 0 Å². The number of nitrogens with zero attached hydrogens (tertiary/aromatic N) is 2. The fraction of sp³-hybridized carbons (Fsp3) is 0.250. The van der Waals surface area contributed by atoms with Gasteiger partial charge in [0.05, 0.1) is 13.5 Å². The van der Waals surface area contributed by atoms with Crippen LogP contribution in [-0.4, -0.2) is 28.2 Å². The highest BCUT2D eigenvalue weighted by molar-refractivity contribution is 8.00. The largest absolute Gasteiger partial charge is 0.469 e. The van der Waals surface area contributed by atoms with E-state index in [2.05, 4.69) is 14.1 Å². The van der Waals surface area contributed by atoms with Crippen LogP contribution in [-0.2, 0) is 9.53 Å². The molecule has 1 heterocycles. The summed E-state index contributed by atoms with van der Waals surface area (Å²) in [4.78, 5) is 15.4. The summed E-state index contributed by atoms with van der Waals surface area (Å²) in [6, 6.07) is 7.38. The molecule has 0 amide bonds. The van der Waals surface area contributed by atoms with Crippen molar-refractivity contribution in [1.82, 2.24) is 9.36 Å². The molecular formula is C12H11ClN2O2S2. The van der Waals surface area contributed by atoms with Gasteiger partial charge in [-0.25, -0.2) is 4.98 Å². The molecule has 0 aliphatic carbocycles. The van der Waals surface area contributed by atoms with E-state index in [1.807, 2.05) is 24.3 Å². The Labute approximate surface area is 124 Å². The number of methoxy groups -OCH3 is 1. The Morgan fingerprint density at radius 1 is 1.42 bits per heavy atom. The molecule has 0 bridgehead atoms. The normalized spacial score (nSPS) is 10.4. The van der Waals surface area contributed by atoms with Crippen molar-refractivity contribution in [2.75, 3.05) is 12.9 Å². The number of carbonyl (C=O) groups excluding carboxylic acids is 1. The highest BCUT2D eigenvalue weighted by Crippen LogP contribution is 2.26. The topological polar surface area (TPSA) is 52.1 Å². The van der Waals surface area contributed by atoms with Gasteiger partial charge in [-0.3, -0.25) is 4.79 Å². The first-order valence-electron chi connectivity index (χ1n) is 5.48. The summed E-state index contributed by atoms with van der Waals surface area (Å²) < 4.78 is 9.70. The third-order valence-electron chi connectivity index (χ3n) is 2.27. The highest BCUT2D eigenvalue weighted by Gasteiger charge is 2.08. The van der Waals surface area contributed by atoms with Gasteiger partial charge in [0.2, 0.25) is 0 Å². The summed E-state index contributed by atoms with van der Waals surface area (Å²) in [5, 5.41) is 0.687. The van der Waals surface area contributed by atoms with Gasteiger partial charge in [0.15, 0.2) is 10.2 Å². The molecule has 0 unspecified atom stereocenters. The van der Waals surface area contributed by atoms with E-state index in [4.69, 9.17) is 11.6 Å². The molecular weight excluding hydrogens is 304 g/mol. The van der Waals surface area contributed by atoms with Crippen molar-refractivity contribution < 1.29 is 9.53 Å². The molecule has 100 valence electrons.